The molecule has 3 aromatic carbocycles. The van der Waals surface area contributed by atoms with Gasteiger partial charge in [-0.25, -0.2) is 27.7 Å². The second-order valence-corrected chi connectivity index (χ2v) is 18.7. The minimum absolute atomic E-state index is 0.0196. The van der Waals surface area contributed by atoms with Crippen molar-refractivity contribution in [3.8, 4) is 11.1 Å². The van der Waals surface area contributed by atoms with Crippen molar-refractivity contribution in [1.29, 1.82) is 0 Å². The number of hydrogen-bond acceptors (Lipinski definition) is 15. The molecule has 1 saturated heterocycles. The number of nitrogens with one attached hydrogen (secondary N) is 3. The molecule has 0 spiro atoms. The lowest BCUT2D eigenvalue weighted by Crippen LogP contribution is -2.42. The first kappa shape index (κ1) is 42.1. The molecule has 0 saturated carbocycles. The normalized spacial score (nSPS) is 14.2. The summed E-state index contributed by atoms with van der Waals surface area (Å²) in [4.78, 5) is 43.7. The number of rotatable bonds is 14. The topological polar surface area (TPSA) is 238 Å². The number of sulfone groups is 1. The van der Waals surface area contributed by atoms with Gasteiger partial charge in [-0.15, -0.1) is 21.5 Å². The number of benzene rings is 3. The maximum Gasteiger partial charge on any atom is 0.422 e. The Kier molecular flexibility index (Phi) is 13.1. The number of alkyl carbamates (subject to hydrolysis) is 1. The first-order chi connectivity index (χ1) is 27.5. The zero-order valence-electron chi connectivity index (χ0n) is 31.7. The summed E-state index contributed by atoms with van der Waals surface area (Å²) in [5, 5.41) is 8.69. The SMILES string of the molecule is CC(C)(C)OC(=O)NS(=O)(=O)NCc1nnc(C(c2nc3ccc(-c4ccc(C(=O)N5CCOCC5)cc4)cc3s2)S(=O)(=O)CCNC(=O)OCc2ccccc2)o1. The van der Waals surface area contributed by atoms with Gasteiger partial charge in [0.05, 0.1) is 35.7 Å². The van der Waals surface area contributed by atoms with E-state index in [4.69, 9.17) is 18.6 Å². The van der Waals surface area contributed by atoms with Gasteiger partial charge in [-0.3, -0.25) is 4.79 Å². The molecular weight excluding hydrogens is 815 g/mol. The van der Waals surface area contributed by atoms with Crippen molar-refractivity contribution in [2.45, 2.75) is 44.8 Å². The van der Waals surface area contributed by atoms with Crippen LogP contribution in [0.4, 0.5) is 9.59 Å². The molecule has 0 bridgehead atoms. The van der Waals surface area contributed by atoms with Gasteiger partial charge in [-0.05, 0) is 61.7 Å². The first-order valence-electron chi connectivity index (χ1n) is 17.9. The number of hydrogen-bond donors (Lipinski definition) is 3. The lowest BCUT2D eigenvalue weighted by molar-refractivity contribution is 0.0303. The Hall–Kier alpha value is -5.48. The molecule has 308 valence electrons. The van der Waals surface area contributed by atoms with E-state index in [1.165, 1.54) is 0 Å². The molecule has 1 aliphatic heterocycles. The fourth-order valence-electron chi connectivity index (χ4n) is 5.63. The molecule has 21 heteroatoms. The Morgan fingerprint density at radius 1 is 0.914 bits per heavy atom. The second-order valence-electron chi connectivity index (χ2n) is 13.9. The van der Waals surface area contributed by atoms with E-state index >= 15 is 0 Å². The van der Waals surface area contributed by atoms with E-state index in [1.807, 2.05) is 30.3 Å². The number of morpholine rings is 1. The summed E-state index contributed by atoms with van der Waals surface area (Å²) in [6, 6.07) is 21.5. The quantitative estimate of drug-likeness (QED) is 0.143. The van der Waals surface area contributed by atoms with Crippen molar-refractivity contribution >= 4 is 59.7 Å². The van der Waals surface area contributed by atoms with Gasteiger partial charge in [0.2, 0.25) is 11.8 Å². The highest BCUT2D eigenvalue weighted by Crippen LogP contribution is 2.37. The number of thiazole rings is 1. The van der Waals surface area contributed by atoms with Crippen molar-refractivity contribution < 1.29 is 49.8 Å². The monoisotopic (exact) mass is 855 g/mol. The fraction of sp³-hybridized carbons (Fsp3) is 0.351. The molecule has 58 heavy (non-hydrogen) atoms. The molecule has 5 aromatic rings. The first-order valence-corrected chi connectivity index (χ1v) is 21.9. The zero-order chi connectivity index (χ0) is 41.5. The van der Waals surface area contributed by atoms with Gasteiger partial charge < -0.3 is 28.8 Å². The standard InChI is InChI=1S/C37H41N7O11S3/c1-37(2,3)55-36(47)43-58(50,51)39-22-30-41-42-32(54-30)31(57(48,49)20-15-38-35(46)53-23-24-7-5-4-6-8-24)33-40-28-14-13-27(21-29(28)56-33)25-9-11-26(12-10-25)34(45)44-16-18-52-19-17-44/h4-14,21,31,39H,15-20,22-23H2,1-3H3,(H,38,46)(H,43,47). The Morgan fingerprint density at radius 2 is 1.62 bits per heavy atom. The third kappa shape index (κ3) is 11.3. The van der Waals surface area contributed by atoms with Crippen LogP contribution in [0.1, 0.15) is 58.7 Å². The summed E-state index contributed by atoms with van der Waals surface area (Å²) in [6.45, 7) is 5.76. The van der Waals surface area contributed by atoms with Gasteiger partial charge in [0.1, 0.15) is 17.2 Å². The summed E-state index contributed by atoms with van der Waals surface area (Å²) < 4.78 is 78.7. The van der Waals surface area contributed by atoms with Gasteiger partial charge in [-0.2, -0.15) is 13.1 Å². The molecule has 18 nitrogen and oxygen atoms in total. The molecule has 3 heterocycles. The van der Waals surface area contributed by atoms with Crippen LogP contribution in [0.5, 0.6) is 0 Å². The van der Waals surface area contributed by atoms with Crippen molar-refractivity contribution in [3.63, 3.8) is 0 Å². The fourth-order valence-corrected chi connectivity index (χ4v) is 9.23. The van der Waals surface area contributed by atoms with Gasteiger partial charge in [0, 0.05) is 25.2 Å². The van der Waals surface area contributed by atoms with Gasteiger partial charge in [0.15, 0.2) is 15.1 Å². The molecular formula is C37H41N7O11S3. The highest BCUT2D eigenvalue weighted by atomic mass is 32.2. The number of amides is 3. The van der Waals surface area contributed by atoms with Crippen LogP contribution in [0.2, 0.25) is 0 Å². The Bertz CT molecular complexity index is 2460. The second kappa shape index (κ2) is 18.0. The van der Waals surface area contributed by atoms with Crippen molar-refractivity contribution in [2.75, 3.05) is 38.6 Å². The average Bonchev–Trinajstić information content (AvgIpc) is 3.82. The Labute approximate surface area is 338 Å². The number of ether oxygens (including phenoxy) is 3. The number of fused-ring (bicyclic) bond motifs is 1. The average molecular weight is 856 g/mol. The summed E-state index contributed by atoms with van der Waals surface area (Å²) in [7, 11) is -8.71. The van der Waals surface area contributed by atoms with Crippen molar-refractivity contribution in [3.05, 3.63) is 101 Å². The van der Waals surface area contributed by atoms with Crippen LogP contribution in [0, 0.1) is 0 Å². The van der Waals surface area contributed by atoms with E-state index in [0.717, 1.165) is 28.0 Å². The van der Waals surface area contributed by atoms with Gasteiger partial charge in [0.25, 0.3) is 5.91 Å². The molecule has 0 aliphatic carbocycles. The summed E-state index contributed by atoms with van der Waals surface area (Å²) in [5.74, 6) is -1.38. The smallest absolute Gasteiger partial charge is 0.422 e. The molecule has 1 atom stereocenters. The summed E-state index contributed by atoms with van der Waals surface area (Å²) >= 11 is 1.07. The van der Waals surface area contributed by atoms with E-state index in [-0.39, 0.29) is 30.0 Å². The number of carbonyl (C=O) groups excluding carboxylic acids is 3. The predicted octanol–water partition coefficient (Wildman–Crippen LogP) is 4.11. The third-order valence-electron chi connectivity index (χ3n) is 8.36. The van der Waals surface area contributed by atoms with Crippen molar-refractivity contribution in [2.24, 2.45) is 0 Å². The van der Waals surface area contributed by atoms with Crippen LogP contribution < -0.4 is 14.8 Å². The van der Waals surface area contributed by atoms with E-state index in [1.54, 1.807) is 72.9 Å². The molecule has 1 aliphatic rings. The maximum atomic E-state index is 14.1. The molecule has 0 radical (unpaired) electrons. The van der Waals surface area contributed by atoms with Crippen molar-refractivity contribution in [1.82, 2.24) is 34.8 Å². The van der Waals surface area contributed by atoms with Crippen LogP contribution in [0.15, 0.2) is 77.2 Å². The lowest BCUT2D eigenvalue weighted by Gasteiger charge is -2.26. The largest absolute Gasteiger partial charge is 0.445 e. The number of carbonyl (C=O) groups is 3. The highest BCUT2D eigenvalue weighted by molar-refractivity contribution is 7.92. The van der Waals surface area contributed by atoms with Crippen LogP contribution in [-0.4, -0.2) is 99.2 Å². The third-order valence-corrected chi connectivity index (χ3v) is 12.5. The molecule has 6 rings (SSSR count). The van der Waals surface area contributed by atoms with Gasteiger partial charge in [-0.1, -0.05) is 48.5 Å². The predicted molar refractivity (Wildman–Crippen MR) is 211 cm³/mol. The van der Waals surface area contributed by atoms with Crippen LogP contribution in [0.3, 0.4) is 0 Å². The van der Waals surface area contributed by atoms with E-state index in [9.17, 15) is 31.2 Å². The number of aromatic nitrogens is 3. The van der Waals surface area contributed by atoms with Gasteiger partial charge >= 0.3 is 22.4 Å². The minimum atomic E-state index is -4.45. The molecule has 2 aromatic heterocycles. The van der Waals surface area contributed by atoms with Crippen LogP contribution in [-0.2, 0) is 47.4 Å². The van der Waals surface area contributed by atoms with E-state index < -0.39 is 61.3 Å². The molecule has 3 N–H and O–H groups in total. The molecule has 1 unspecified atom stereocenters. The minimum Gasteiger partial charge on any atom is -0.445 e. The highest BCUT2D eigenvalue weighted by Gasteiger charge is 2.37. The summed E-state index contributed by atoms with van der Waals surface area (Å²) in [6.07, 6.45) is -2.04. The molecule has 1 fully saturated rings. The van der Waals surface area contributed by atoms with Crippen LogP contribution in [0.25, 0.3) is 21.3 Å². The number of nitrogens with zero attached hydrogens (tertiary/aromatic N) is 4. The molecule has 3 amide bonds. The maximum absolute atomic E-state index is 14.1. The Balaban J connectivity index is 1.21. The van der Waals surface area contributed by atoms with Crippen LogP contribution >= 0.6 is 11.3 Å². The Morgan fingerprint density at radius 3 is 2.33 bits per heavy atom. The zero-order valence-corrected chi connectivity index (χ0v) is 34.1. The summed E-state index contributed by atoms with van der Waals surface area (Å²) in [5.41, 5.74) is 2.41. The lowest BCUT2D eigenvalue weighted by atomic mass is 10.0. The van der Waals surface area contributed by atoms with E-state index in [0.29, 0.717) is 42.1 Å². The van der Waals surface area contributed by atoms with E-state index in [2.05, 4.69) is 25.2 Å².